The first kappa shape index (κ1) is 18.9. The molecule has 2 aliphatic rings. The first-order valence-corrected chi connectivity index (χ1v) is 10.2. The van der Waals surface area contributed by atoms with Gasteiger partial charge in [-0.3, -0.25) is 0 Å². The van der Waals surface area contributed by atoms with Gasteiger partial charge in [-0.1, -0.05) is 6.92 Å². The van der Waals surface area contributed by atoms with E-state index in [2.05, 4.69) is 43.6 Å². The fraction of sp³-hybridized carbons (Fsp3) is 0.600. The third-order valence-electron chi connectivity index (χ3n) is 5.61. The summed E-state index contributed by atoms with van der Waals surface area (Å²) in [6.07, 6.45) is 8.91. The Morgan fingerprint density at radius 1 is 1.11 bits per heavy atom. The maximum absolute atomic E-state index is 5.45. The third kappa shape index (κ3) is 4.16. The summed E-state index contributed by atoms with van der Waals surface area (Å²) < 4.78 is 5.45. The first-order chi connectivity index (χ1) is 13.7. The van der Waals surface area contributed by atoms with Crippen LogP contribution in [0, 0.1) is 0 Å². The van der Waals surface area contributed by atoms with Crippen molar-refractivity contribution < 1.29 is 4.74 Å². The second-order valence-electron chi connectivity index (χ2n) is 7.41. The Bertz CT molecular complexity index is 763. The number of ether oxygens (including phenoxy) is 1. The molecule has 8 nitrogen and oxygen atoms in total. The van der Waals surface area contributed by atoms with Gasteiger partial charge in [0.15, 0.2) is 0 Å². The zero-order valence-corrected chi connectivity index (χ0v) is 16.8. The van der Waals surface area contributed by atoms with Crippen molar-refractivity contribution in [3.63, 3.8) is 0 Å². The molecular formula is C20H29N7O. The van der Waals surface area contributed by atoms with E-state index in [0.29, 0.717) is 6.04 Å². The summed E-state index contributed by atoms with van der Waals surface area (Å²) in [6.45, 7) is 7.25. The fourth-order valence-electron chi connectivity index (χ4n) is 3.79. The highest BCUT2D eigenvalue weighted by Gasteiger charge is 2.26. The normalized spacial score (nSPS) is 20.3. The van der Waals surface area contributed by atoms with E-state index in [1.807, 2.05) is 24.7 Å². The summed E-state index contributed by atoms with van der Waals surface area (Å²) in [6, 6.07) is 2.32. The lowest BCUT2D eigenvalue weighted by molar-refractivity contribution is 0.122. The minimum Gasteiger partial charge on any atom is -0.378 e. The third-order valence-corrected chi connectivity index (χ3v) is 5.61. The molecule has 2 fully saturated rings. The molecule has 1 unspecified atom stereocenters. The second kappa shape index (κ2) is 8.68. The molecule has 0 aliphatic carbocycles. The van der Waals surface area contributed by atoms with Crippen molar-refractivity contribution in [2.45, 2.75) is 32.2 Å². The molecule has 0 spiro atoms. The van der Waals surface area contributed by atoms with Gasteiger partial charge in [-0.2, -0.15) is 4.98 Å². The van der Waals surface area contributed by atoms with Gasteiger partial charge in [0.25, 0.3) is 0 Å². The van der Waals surface area contributed by atoms with Gasteiger partial charge in [0.05, 0.1) is 13.2 Å². The smallest absolute Gasteiger partial charge is 0.227 e. The summed E-state index contributed by atoms with van der Waals surface area (Å²) in [5.74, 6) is 2.57. The lowest BCUT2D eigenvalue weighted by Crippen LogP contribution is -2.48. The average Bonchev–Trinajstić information content (AvgIpc) is 2.79. The first-order valence-electron chi connectivity index (χ1n) is 10.2. The lowest BCUT2D eigenvalue weighted by Gasteiger charge is -2.38. The van der Waals surface area contributed by atoms with Crippen molar-refractivity contribution in [3.8, 4) is 0 Å². The molecule has 150 valence electrons. The molecule has 2 aliphatic heterocycles. The van der Waals surface area contributed by atoms with Crippen LogP contribution in [0.25, 0.3) is 0 Å². The lowest BCUT2D eigenvalue weighted by atomic mass is 10.1. The van der Waals surface area contributed by atoms with E-state index >= 15 is 0 Å². The Morgan fingerprint density at radius 3 is 2.64 bits per heavy atom. The van der Waals surface area contributed by atoms with Crippen molar-refractivity contribution >= 4 is 17.7 Å². The van der Waals surface area contributed by atoms with Crippen LogP contribution in [0.2, 0.25) is 0 Å². The van der Waals surface area contributed by atoms with Crippen LogP contribution in [0.15, 0.2) is 24.7 Å². The number of hydrogen-bond acceptors (Lipinski definition) is 8. The summed E-state index contributed by atoms with van der Waals surface area (Å²) in [5.41, 5.74) is 1.17. The maximum Gasteiger partial charge on any atom is 0.227 e. The molecule has 0 saturated carbocycles. The van der Waals surface area contributed by atoms with E-state index in [9.17, 15) is 0 Å². The Hall–Kier alpha value is -2.48. The molecule has 2 saturated heterocycles. The molecule has 1 atom stereocenters. The van der Waals surface area contributed by atoms with E-state index in [0.717, 1.165) is 76.4 Å². The molecule has 8 heteroatoms. The zero-order chi connectivity index (χ0) is 19.3. The van der Waals surface area contributed by atoms with E-state index in [1.54, 1.807) is 0 Å². The van der Waals surface area contributed by atoms with Crippen LogP contribution >= 0.6 is 0 Å². The molecule has 4 heterocycles. The van der Waals surface area contributed by atoms with E-state index in [4.69, 9.17) is 9.72 Å². The standard InChI is InChI=1S/C20H29N7O/c1-3-16-13-22-19(23-14-16)27-8-4-5-17(15-27)25(2)20-21-7-6-18(24-20)26-9-11-28-12-10-26/h6-7,13-14,17H,3-5,8-12,15H2,1-2H3. The van der Waals surface area contributed by atoms with Crippen molar-refractivity contribution in [2.24, 2.45) is 0 Å². The SMILES string of the molecule is CCc1cnc(N2CCCC(N(C)c3nccc(N4CCOCC4)n3)C2)nc1. The molecule has 0 amide bonds. The predicted molar refractivity (Wildman–Crippen MR) is 110 cm³/mol. The van der Waals surface area contributed by atoms with Crippen molar-refractivity contribution in [2.75, 3.05) is 61.1 Å². The van der Waals surface area contributed by atoms with Crippen LogP contribution in [-0.2, 0) is 11.2 Å². The number of rotatable bonds is 5. The highest BCUT2D eigenvalue weighted by molar-refractivity contribution is 5.45. The molecule has 0 radical (unpaired) electrons. The van der Waals surface area contributed by atoms with E-state index < -0.39 is 0 Å². The van der Waals surface area contributed by atoms with Crippen LogP contribution in [0.1, 0.15) is 25.3 Å². The summed E-state index contributed by atoms with van der Waals surface area (Å²) in [7, 11) is 2.09. The largest absolute Gasteiger partial charge is 0.378 e. The number of piperidine rings is 1. The van der Waals surface area contributed by atoms with Gasteiger partial charge in [-0.05, 0) is 30.9 Å². The quantitative estimate of drug-likeness (QED) is 0.774. The number of aryl methyl sites for hydroxylation is 1. The van der Waals surface area contributed by atoms with Crippen LogP contribution in [0.3, 0.4) is 0 Å². The van der Waals surface area contributed by atoms with E-state index in [1.165, 1.54) is 5.56 Å². The molecule has 0 bridgehead atoms. The van der Waals surface area contributed by atoms with Gasteiger partial charge in [0, 0.05) is 57.9 Å². The molecular weight excluding hydrogens is 354 g/mol. The van der Waals surface area contributed by atoms with Gasteiger partial charge in [-0.15, -0.1) is 0 Å². The van der Waals surface area contributed by atoms with Gasteiger partial charge < -0.3 is 19.4 Å². The molecule has 0 aromatic carbocycles. The van der Waals surface area contributed by atoms with Gasteiger partial charge in [-0.25, -0.2) is 15.0 Å². The Kier molecular flexibility index (Phi) is 5.85. The van der Waals surface area contributed by atoms with Gasteiger partial charge >= 0.3 is 0 Å². The Labute approximate surface area is 166 Å². The van der Waals surface area contributed by atoms with E-state index in [-0.39, 0.29) is 0 Å². The van der Waals surface area contributed by atoms with Crippen molar-refractivity contribution in [3.05, 3.63) is 30.2 Å². The van der Waals surface area contributed by atoms with Gasteiger partial charge in [0.1, 0.15) is 5.82 Å². The molecule has 2 aromatic heterocycles. The van der Waals surface area contributed by atoms with Crippen molar-refractivity contribution in [1.82, 2.24) is 19.9 Å². The summed E-state index contributed by atoms with van der Waals surface area (Å²) in [4.78, 5) is 25.2. The van der Waals surface area contributed by atoms with Crippen LogP contribution in [0.5, 0.6) is 0 Å². The minimum absolute atomic E-state index is 0.336. The molecule has 4 rings (SSSR count). The minimum atomic E-state index is 0.336. The number of morpholine rings is 1. The molecule has 28 heavy (non-hydrogen) atoms. The number of nitrogens with zero attached hydrogens (tertiary/aromatic N) is 7. The summed E-state index contributed by atoms with van der Waals surface area (Å²) in [5, 5.41) is 0. The number of anilines is 3. The monoisotopic (exact) mass is 383 g/mol. The molecule has 2 aromatic rings. The average molecular weight is 384 g/mol. The predicted octanol–water partition coefficient (Wildman–Crippen LogP) is 1.77. The van der Waals surface area contributed by atoms with Crippen molar-refractivity contribution in [1.29, 1.82) is 0 Å². The van der Waals surface area contributed by atoms with Crippen LogP contribution < -0.4 is 14.7 Å². The topological polar surface area (TPSA) is 70.5 Å². The Balaban J connectivity index is 1.45. The van der Waals surface area contributed by atoms with Crippen LogP contribution in [-0.4, -0.2) is 72.4 Å². The fourth-order valence-corrected chi connectivity index (χ4v) is 3.79. The highest BCUT2D eigenvalue weighted by Crippen LogP contribution is 2.23. The highest BCUT2D eigenvalue weighted by atomic mass is 16.5. The second-order valence-corrected chi connectivity index (χ2v) is 7.41. The summed E-state index contributed by atoms with van der Waals surface area (Å²) >= 11 is 0. The Morgan fingerprint density at radius 2 is 1.89 bits per heavy atom. The maximum atomic E-state index is 5.45. The van der Waals surface area contributed by atoms with Crippen LogP contribution in [0.4, 0.5) is 17.7 Å². The van der Waals surface area contributed by atoms with Gasteiger partial charge in [0.2, 0.25) is 11.9 Å². The zero-order valence-electron chi connectivity index (χ0n) is 16.8. The number of aromatic nitrogens is 4. The number of likely N-dealkylation sites (N-methyl/N-ethyl adjacent to an activating group) is 1. The number of hydrogen-bond donors (Lipinski definition) is 0. The molecule has 0 N–H and O–H groups in total.